The number of aromatic nitrogens is 2. The molecule has 1 unspecified atom stereocenters. The Morgan fingerprint density at radius 3 is 2.42 bits per heavy atom. The van der Waals surface area contributed by atoms with Gasteiger partial charge in [0.05, 0.1) is 21.8 Å². The van der Waals surface area contributed by atoms with Crippen LogP contribution in [0.2, 0.25) is 10.0 Å². The Morgan fingerprint density at radius 1 is 0.935 bits per heavy atom. The molecule has 0 bridgehead atoms. The van der Waals surface area contributed by atoms with E-state index in [1.807, 2.05) is 27.9 Å². The first-order valence-electron chi connectivity index (χ1n) is 11.4. The van der Waals surface area contributed by atoms with Crippen molar-refractivity contribution >= 4 is 34.9 Å². The van der Waals surface area contributed by atoms with Crippen molar-refractivity contribution in [3.8, 4) is 0 Å². The smallest absolute Gasteiger partial charge is 0.253 e. The van der Waals surface area contributed by atoms with Gasteiger partial charge in [-0.25, -0.2) is 4.68 Å². The maximum absolute atomic E-state index is 13.8. The van der Waals surface area contributed by atoms with Crippen LogP contribution in [-0.2, 0) is 4.79 Å². The number of piperidine rings is 1. The number of benzene rings is 1. The van der Waals surface area contributed by atoms with Crippen LogP contribution in [0, 0.1) is 0 Å². The highest BCUT2D eigenvalue weighted by atomic mass is 35.5. The molecule has 3 heterocycles. The molecule has 2 aliphatic heterocycles. The number of nitrogens with zero attached hydrogens (tertiary/aromatic N) is 4. The lowest BCUT2D eigenvalue weighted by Crippen LogP contribution is -2.43. The molecule has 7 heteroatoms. The van der Waals surface area contributed by atoms with Crippen molar-refractivity contribution < 1.29 is 4.79 Å². The lowest BCUT2D eigenvalue weighted by Gasteiger charge is -2.40. The molecule has 2 aromatic rings. The minimum absolute atomic E-state index is 0.109. The van der Waals surface area contributed by atoms with Crippen LogP contribution in [0.15, 0.2) is 42.2 Å². The molecule has 0 N–H and O–H groups in total. The predicted octanol–water partition coefficient (Wildman–Crippen LogP) is 5.83. The zero-order valence-electron chi connectivity index (χ0n) is 17.6. The monoisotopic (exact) mass is 458 g/mol. The highest BCUT2D eigenvalue weighted by Crippen LogP contribution is 2.40. The van der Waals surface area contributed by atoms with E-state index < -0.39 is 0 Å². The normalized spacial score (nSPS) is 22.3. The molecule has 1 saturated heterocycles. The van der Waals surface area contributed by atoms with Crippen molar-refractivity contribution in [3.05, 3.63) is 57.8 Å². The standard InChI is InChI=1S/C24H28Cl2N4O/c25-20-10-9-17(15-21(20)26)23-19(24(31)28-13-5-2-6-14-28)16-29(18-7-3-1-4-8-18)22-11-12-27-30(22)23/h9-12,15-16,18,23H,1-8,13-14H2. The Hall–Kier alpha value is -1.98. The van der Waals surface area contributed by atoms with Crippen LogP contribution in [-0.4, -0.2) is 39.7 Å². The van der Waals surface area contributed by atoms with Gasteiger partial charge in [-0.15, -0.1) is 0 Å². The van der Waals surface area contributed by atoms with Gasteiger partial charge < -0.3 is 9.80 Å². The Bertz CT molecular complexity index is 989. The number of anilines is 1. The minimum atomic E-state index is -0.311. The molecule has 1 aliphatic carbocycles. The second-order valence-electron chi connectivity index (χ2n) is 8.85. The number of halogens is 2. The molecule has 0 spiro atoms. The fourth-order valence-electron chi connectivity index (χ4n) is 5.24. The lowest BCUT2D eigenvalue weighted by atomic mass is 9.92. The van der Waals surface area contributed by atoms with Crippen molar-refractivity contribution in [2.75, 3.05) is 18.0 Å². The average molecular weight is 459 g/mol. The molecule has 0 radical (unpaired) electrons. The van der Waals surface area contributed by atoms with Crippen LogP contribution < -0.4 is 4.90 Å². The largest absolute Gasteiger partial charge is 0.339 e. The third-order valence-corrected chi connectivity index (χ3v) is 7.59. The van der Waals surface area contributed by atoms with Gasteiger partial charge in [-0.1, -0.05) is 48.5 Å². The summed E-state index contributed by atoms with van der Waals surface area (Å²) in [7, 11) is 0. The second kappa shape index (κ2) is 8.87. The van der Waals surface area contributed by atoms with Gasteiger partial charge in [-0.05, 0) is 49.8 Å². The predicted molar refractivity (Wildman–Crippen MR) is 125 cm³/mol. The molecule has 31 heavy (non-hydrogen) atoms. The summed E-state index contributed by atoms with van der Waals surface area (Å²) in [4.78, 5) is 18.1. The van der Waals surface area contributed by atoms with Crippen LogP contribution in [0.25, 0.3) is 0 Å². The number of amides is 1. The van der Waals surface area contributed by atoms with E-state index in [1.54, 1.807) is 6.07 Å². The van der Waals surface area contributed by atoms with Crippen LogP contribution in [0.3, 0.4) is 0 Å². The van der Waals surface area contributed by atoms with E-state index in [4.69, 9.17) is 23.2 Å². The van der Waals surface area contributed by atoms with Gasteiger partial charge in [0.2, 0.25) is 0 Å². The molecule has 1 atom stereocenters. The molecule has 5 rings (SSSR count). The summed E-state index contributed by atoms with van der Waals surface area (Å²) in [6.07, 6.45) is 13.3. The first-order valence-corrected chi connectivity index (χ1v) is 12.2. The Kier molecular flexibility index (Phi) is 5.98. The minimum Gasteiger partial charge on any atom is -0.339 e. The Morgan fingerprint density at radius 2 is 1.68 bits per heavy atom. The molecule has 164 valence electrons. The van der Waals surface area contributed by atoms with Gasteiger partial charge in [0.1, 0.15) is 11.9 Å². The summed E-state index contributed by atoms with van der Waals surface area (Å²) in [6, 6.07) is 7.78. The summed E-state index contributed by atoms with van der Waals surface area (Å²) in [5.41, 5.74) is 1.70. The summed E-state index contributed by atoms with van der Waals surface area (Å²) < 4.78 is 1.99. The molecule has 5 nitrogen and oxygen atoms in total. The number of likely N-dealkylation sites (tertiary alicyclic amines) is 1. The summed E-state index contributed by atoms with van der Waals surface area (Å²) in [5, 5.41) is 5.68. The van der Waals surface area contributed by atoms with E-state index in [1.165, 1.54) is 25.7 Å². The fourth-order valence-corrected chi connectivity index (χ4v) is 5.54. The van der Waals surface area contributed by atoms with Crippen molar-refractivity contribution in [1.29, 1.82) is 0 Å². The van der Waals surface area contributed by atoms with Crippen molar-refractivity contribution in [2.45, 2.75) is 63.5 Å². The highest BCUT2D eigenvalue weighted by Gasteiger charge is 2.37. The number of hydrogen-bond donors (Lipinski definition) is 0. The zero-order valence-corrected chi connectivity index (χ0v) is 19.2. The Balaban J connectivity index is 1.60. The van der Waals surface area contributed by atoms with Crippen molar-refractivity contribution in [1.82, 2.24) is 14.7 Å². The molecule has 1 saturated carbocycles. The van der Waals surface area contributed by atoms with Crippen LogP contribution >= 0.6 is 23.2 Å². The SMILES string of the molecule is O=C(C1=CN(C2CCCCC2)c2ccnn2C1c1ccc(Cl)c(Cl)c1)N1CCCCC1. The van der Waals surface area contributed by atoms with Crippen LogP contribution in [0.5, 0.6) is 0 Å². The van der Waals surface area contributed by atoms with Gasteiger partial charge in [-0.3, -0.25) is 4.79 Å². The zero-order chi connectivity index (χ0) is 21.4. The van der Waals surface area contributed by atoms with E-state index in [0.717, 1.165) is 55.7 Å². The van der Waals surface area contributed by atoms with Gasteiger partial charge in [0.25, 0.3) is 5.91 Å². The van der Waals surface area contributed by atoms with Crippen molar-refractivity contribution in [2.24, 2.45) is 0 Å². The van der Waals surface area contributed by atoms with E-state index in [-0.39, 0.29) is 11.9 Å². The molecular weight excluding hydrogens is 431 g/mol. The quantitative estimate of drug-likeness (QED) is 0.580. The number of hydrogen-bond acceptors (Lipinski definition) is 3. The number of carbonyl (C=O) groups excluding carboxylic acids is 1. The van der Waals surface area contributed by atoms with Gasteiger partial charge in [-0.2, -0.15) is 5.10 Å². The number of carbonyl (C=O) groups is 1. The van der Waals surface area contributed by atoms with Gasteiger partial charge in [0.15, 0.2) is 0 Å². The van der Waals surface area contributed by atoms with Gasteiger partial charge in [0, 0.05) is 31.4 Å². The number of fused-ring (bicyclic) bond motifs is 1. The highest BCUT2D eigenvalue weighted by molar-refractivity contribution is 6.42. The van der Waals surface area contributed by atoms with Gasteiger partial charge >= 0.3 is 0 Å². The summed E-state index contributed by atoms with van der Waals surface area (Å²) in [6.45, 7) is 1.64. The topological polar surface area (TPSA) is 41.4 Å². The molecular formula is C24H28Cl2N4O. The maximum Gasteiger partial charge on any atom is 0.253 e. The van der Waals surface area contributed by atoms with E-state index in [0.29, 0.717) is 16.1 Å². The second-order valence-corrected chi connectivity index (χ2v) is 9.66. The number of rotatable bonds is 3. The van der Waals surface area contributed by atoms with Crippen LogP contribution in [0.4, 0.5) is 5.82 Å². The molecule has 3 aliphatic rings. The maximum atomic E-state index is 13.8. The first-order chi connectivity index (χ1) is 15.1. The van der Waals surface area contributed by atoms with Crippen LogP contribution in [0.1, 0.15) is 63.0 Å². The Labute approximate surface area is 193 Å². The van der Waals surface area contributed by atoms with Crippen molar-refractivity contribution in [3.63, 3.8) is 0 Å². The first kappa shape index (κ1) is 20.9. The average Bonchev–Trinajstić information content (AvgIpc) is 3.30. The van der Waals surface area contributed by atoms with E-state index in [9.17, 15) is 4.79 Å². The molecule has 1 aromatic heterocycles. The summed E-state index contributed by atoms with van der Waals surface area (Å²) in [5.74, 6) is 1.15. The lowest BCUT2D eigenvalue weighted by molar-refractivity contribution is -0.128. The molecule has 2 fully saturated rings. The third kappa shape index (κ3) is 3.98. The summed E-state index contributed by atoms with van der Waals surface area (Å²) >= 11 is 12.6. The fraction of sp³-hybridized carbons (Fsp3) is 0.500. The van der Waals surface area contributed by atoms with E-state index >= 15 is 0 Å². The third-order valence-electron chi connectivity index (χ3n) is 6.85. The van der Waals surface area contributed by atoms with E-state index in [2.05, 4.69) is 22.3 Å². The molecule has 1 amide bonds. The molecule has 1 aromatic carbocycles.